The lowest BCUT2D eigenvalue weighted by atomic mass is 10.1. The molecule has 0 bridgehead atoms. The fourth-order valence-electron chi connectivity index (χ4n) is 3.54. The minimum absolute atomic E-state index is 0.0513. The number of nitrogens with zero attached hydrogens (tertiary/aromatic N) is 4. The van der Waals surface area contributed by atoms with Crippen molar-refractivity contribution in [2.24, 2.45) is 7.05 Å². The van der Waals surface area contributed by atoms with Gasteiger partial charge in [-0.05, 0) is 12.1 Å². The maximum atomic E-state index is 13.5. The van der Waals surface area contributed by atoms with Gasteiger partial charge in [0.1, 0.15) is 17.7 Å². The number of halogens is 1. The predicted molar refractivity (Wildman–Crippen MR) is 85.2 cm³/mol. The van der Waals surface area contributed by atoms with E-state index < -0.39 is 5.82 Å². The molecule has 0 saturated carbocycles. The van der Waals surface area contributed by atoms with Crippen LogP contribution in [0, 0.1) is 5.82 Å². The molecule has 2 unspecified atom stereocenters. The number of likely N-dealkylation sites (N-methyl/N-ethyl adjacent to an activating group) is 1. The van der Waals surface area contributed by atoms with E-state index in [1.165, 1.54) is 18.2 Å². The van der Waals surface area contributed by atoms with Crippen LogP contribution in [0.2, 0.25) is 0 Å². The Morgan fingerprint density at radius 1 is 1.33 bits per heavy atom. The van der Waals surface area contributed by atoms with Crippen molar-refractivity contribution in [2.45, 2.75) is 18.7 Å². The number of aryl methyl sites for hydroxylation is 1. The van der Waals surface area contributed by atoms with Crippen molar-refractivity contribution in [3.05, 3.63) is 47.5 Å². The van der Waals surface area contributed by atoms with E-state index in [0.29, 0.717) is 17.9 Å². The Morgan fingerprint density at radius 2 is 2.17 bits per heavy atom. The van der Waals surface area contributed by atoms with Crippen LogP contribution < -0.4 is 4.74 Å². The van der Waals surface area contributed by atoms with Crippen molar-refractivity contribution in [3.63, 3.8) is 0 Å². The summed E-state index contributed by atoms with van der Waals surface area (Å²) in [6.45, 7) is 2.16. The van der Waals surface area contributed by atoms with Crippen LogP contribution in [0.1, 0.15) is 15.9 Å². The molecule has 2 aliphatic rings. The van der Waals surface area contributed by atoms with Gasteiger partial charge < -0.3 is 9.64 Å². The summed E-state index contributed by atoms with van der Waals surface area (Å²) in [7, 11) is 3.67. The molecule has 3 heterocycles. The third kappa shape index (κ3) is 2.54. The smallest absolute Gasteiger partial charge is 0.257 e. The molecule has 24 heavy (non-hydrogen) atoms. The minimum atomic E-state index is -0.395. The molecule has 0 spiro atoms. The van der Waals surface area contributed by atoms with E-state index in [1.54, 1.807) is 16.6 Å². The summed E-state index contributed by atoms with van der Waals surface area (Å²) in [5.41, 5.74) is 1.54. The molecule has 1 fully saturated rings. The van der Waals surface area contributed by atoms with Crippen LogP contribution in [-0.2, 0) is 13.6 Å². The van der Waals surface area contributed by atoms with Crippen LogP contribution in [0.5, 0.6) is 5.75 Å². The summed E-state index contributed by atoms with van der Waals surface area (Å²) in [6.07, 6.45) is 3.65. The number of fused-ring (bicyclic) bond motifs is 2. The highest BCUT2D eigenvalue weighted by molar-refractivity contribution is 5.97. The second kappa shape index (κ2) is 5.59. The minimum Gasteiger partial charge on any atom is -0.486 e. The van der Waals surface area contributed by atoms with Gasteiger partial charge in [-0.15, -0.1) is 0 Å². The number of rotatable bonds is 2. The second-order valence-electron chi connectivity index (χ2n) is 6.50. The molecule has 126 valence electrons. The predicted octanol–water partition coefficient (Wildman–Crippen LogP) is 1.28. The molecular formula is C17H19FN4O2. The van der Waals surface area contributed by atoms with Crippen LogP contribution in [0.25, 0.3) is 0 Å². The van der Waals surface area contributed by atoms with Gasteiger partial charge in [0.25, 0.3) is 5.91 Å². The van der Waals surface area contributed by atoms with Gasteiger partial charge in [0.05, 0.1) is 17.8 Å². The largest absolute Gasteiger partial charge is 0.486 e. The van der Waals surface area contributed by atoms with E-state index >= 15 is 0 Å². The first-order chi connectivity index (χ1) is 11.5. The van der Waals surface area contributed by atoms with Crippen molar-refractivity contribution in [2.75, 3.05) is 20.1 Å². The molecule has 2 aliphatic heterocycles. The van der Waals surface area contributed by atoms with E-state index in [4.69, 9.17) is 4.74 Å². The average Bonchev–Trinajstić information content (AvgIpc) is 3.10. The second-order valence-corrected chi connectivity index (χ2v) is 6.50. The van der Waals surface area contributed by atoms with E-state index in [-0.39, 0.29) is 18.1 Å². The number of amides is 1. The Bertz CT molecular complexity index is 791. The molecule has 1 amide bonds. The van der Waals surface area contributed by atoms with Gasteiger partial charge in [-0.25, -0.2) is 4.39 Å². The van der Waals surface area contributed by atoms with Crippen LogP contribution >= 0.6 is 0 Å². The highest BCUT2D eigenvalue weighted by atomic mass is 19.1. The fourth-order valence-corrected chi connectivity index (χ4v) is 3.54. The summed E-state index contributed by atoms with van der Waals surface area (Å²) in [5.74, 6) is -0.184. The lowest BCUT2D eigenvalue weighted by Gasteiger charge is -2.25. The van der Waals surface area contributed by atoms with Crippen molar-refractivity contribution in [1.82, 2.24) is 19.6 Å². The Hall–Kier alpha value is -2.41. The molecule has 6 nitrogen and oxygen atoms in total. The molecule has 2 atom stereocenters. The van der Waals surface area contributed by atoms with Gasteiger partial charge in [-0.3, -0.25) is 14.4 Å². The lowest BCUT2D eigenvalue weighted by Crippen LogP contribution is -2.44. The van der Waals surface area contributed by atoms with Crippen molar-refractivity contribution in [1.29, 1.82) is 0 Å². The van der Waals surface area contributed by atoms with Crippen LogP contribution in [0.15, 0.2) is 30.6 Å². The first kappa shape index (κ1) is 15.1. The Labute approximate surface area is 139 Å². The monoisotopic (exact) mass is 330 g/mol. The van der Waals surface area contributed by atoms with Gasteiger partial charge in [-0.2, -0.15) is 5.10 Å². The molecule has 0 aliphatic carbocycles. The Balaban J connectivity index is 1.58. The zero-order valence-electron chi connectivity index (χ0n) is 13.6. The molecule has 7 heteroatoms. The summed E-state index contributed by atoms with van der Waals surface area (Å²) in [5, 5.41) is 4.18. The van der Waals surface area contributed by atoms with Crippen molar-refractivity contribution >= 4 is 5.91 Å². The number of hydrogen-bond donors (Lipinski definition) is 0. The first-order valence-electron chi connectivity index (χ1n) is 7.94. The number of carbonyl (C=O) groups excluding carboxylic acids is 1. The van der Waals surface area contributed by atoms with Crippen LogP contribution in [-0.4, -0.2) is 57.8 Å². The van der Waals surface area contributed by atoms with Gasteiger partial charge in [0.2, 0.25) is 0 Å². The Morgan fingerprint density at radius 3 is 2.92 bits per heavy atom. The molecule has 1 saturated heterocycles. The average molecular weight is 330 g/mol. The Kier molecular flexibility index (Phi) is 3.53. The number of ether oxygens (including phenoxy) is 1. The summed E-state index contributed by atoms with van der Waals surface area (Å²) in [6, 6.07) is 4.04. The van der Waals surface area contributed by atoms with Gasteiger partial charge >= 0.3 is 0 Å². The normalized spacial score (nSPS) is 23.6. The number of carbonyl (C=O) groups is 1. The van der Waals surface area contributed by atoms with Gasteiger partial charge in [0, 0.05) is 51.6 Å². The third-order valence-electron chi connectivity index (χ3n) is 4.75. The number of aromatic nitrogens is 2. The van der Waals surface area contributed by atoms with Crippen LogP contribution in [0.3, 0.4) is 0 Å². The van der Waals surface area contributed by atoms with E-state index in [2.05, 4.69) is 10.00 Å². The zero-order chi connectivity index (χ0) is 16.8. The van der Waals surface area contributed by atoms with E-state index in [9.17, 15) is 9.18 Å². The number of hydrogen-bond acceptors (Lipinski definition) is 4. The fraction of sp³-hybridized carbons (Fsp3) is 0.412. The van der Waals surface area contributed by atoms with Crippen molar-refractivity contribution in [3.8, 4) is 5.75 Å². The summed E-state index contributed by atoms with van der Waals surface area (Å²) >= 11 is 0. The van der Waals surface area contributed by atoms with Crippen molar-refractivity contribution < 1.29 is 13.9 Å². The summed E-state index contributed by atoms with van der Waals surface area (Å²) < 4.78 is 21.3. The van der Waals surface area contributed by atoms with Gasteiger partial charge in [-0.1, -0.05) is 0 Å². The maximum Gasteiger partial charge on any atom is 0.257 e. The first-order valence-corrected chi connectivity index (χ1v) is 7.94. The van der Waals surface area contributed by atoms with E-state index in [0.717, 1.165) is 18.7 Å². The highest BCUT2D eigenvalue weighted by Crippen LogP contribution is 2.31. The molecule has 4 rings (SSSR count). The molecule has 0 N–H and O–H groups in total. The molecule has 1 aromatic heterocycles. The molecular weight excluding hydrogens is 311 g/mol. The molecule has 0 radical (unpaired) electrons. The highest BCUT2D eigenvalue weighted by Gasteiger charge is 2.42. The topological polar surface area (TPSA) is 50.6 Å². The summed E-state index contributed by atoms with van der Waals surface area (Å²) in [4.78, 5) is 16.6. The molecule has 2 aromatic rings. The standard InChI is InChI=1S/C17H19FN4O2/c1-20-7-11(6-19-20)8-22-9-14-16(10-22)24-15-5-12(18)3-4-13(15)17(23)21(14)2/h3-7,14,16H,8-10H2,1-2H3. The van der Waals surface area contributed by atoms with Crippen LogP contribution in [0.4, 0.5) is 4.39 Å². The van der Waals surface area contributed by atoms with E-state index in [1.807, 2.05) is 19.4 Å². The molecule has 1 aromatic carbocycles. The number of benzene rings is 1. The zero-order valence-corrected chi connectivity index (χ0v) is 13.6. The lowest BCUT2D eigenvalue weighted by molar-refractivity contribution is 0.0682. The maximum absolute atomic E-state index is 13.5. The van der Waals surface area contributed by atoms with Gasteiger partial charge in [0.15, 0.2) is 0 Å². The quantitative estimate of drug-likeness (QED) is 0.832. The number of likely N-dealkylation sites (tertiary alicyclic amines) is 1. The SMILES string of the molecule is CN1C(=O)c2ccc(F)cc2OC2CN(Cc3cnn(C)c3)CC21. The third-order valence-corrected chi connectivity index (χ3v) is 4.75.